The van der Waals surface area contributed by atoms with Crippen LogP contribution in [0.25, 0.3) is 28.3 Å². The van der Waals surface area contributed by atoms with Crippen LogP contribution in [-0.2, 0) is 17.6 Å². The summed E-state index contributed by atoms with van der Waals surface area (Å²) in [6.45, 7) is 7.57. The Bertz CT molecular complexity index is 1770. The second kappa shape index (κ2) is 14.5. The number of benzene rings is 2. The molecule has 0 saturated heterocycles. The van der Waals surface area contributed by atoms with Gasteiger partial charge in [0, 0.05) is 23.6 Å². The van der Waals surface area contributed by atoms with Gasteiger partial charge in [-0.15, -0.1) is 5.10 Å². The predicted molar refractivity (Wildman–Crippen MR) is 174 cm³/mol. The van der Waals surface area contributed by atoms with Crippen LogP contribution in [0.4, 0.5) is 0 Å². The van der Waals surface area contributed by atoms with E-state index in [1.807, 2.05) is 34.2 Å². The number of nitrogens with zero attached hydrogens (tertiary/aromatic N) is 7. The molecule has 0 spiro atoms. The Morgan fingerprint density at radius 1 is 1.07 bits per heavy atom. The van der Waals surface area contributed by atoms with E-state index < -0.39 is 5.60 Å². The molecule has 1 saturated carbocycles. The SMILES string of the molecule is CCCc1c(Cc2ccc(-c3ccccc3-c3nnn[nH]3)cc2)c(=O)n([C@H]2CC[C@H](OC(C)C(C)(C)O)CC2)c2ncnn12.[KH]. The fourth-order valence-electron chi connectivity index (χ4n) is 6.19. The van der Waals surface area contributed by atoms with Gasteiger partial charge in [-0.05, 0) is 80.0 Å². The van der Waals surface area contributed by atoms with E-state index in [4.69, 9.17) is 4.74 Å². The molecule has 3 heterocycles. The van der Waals surface area contributed by atoms with Gasteiger partial charge in [-0.2, -0.15) is 10.1 Å². The number of aromatic nitrogens is 8. The number of nitrogens with one attached hydrogen (secondary N) is 1. The second-order valence-corrected chi connectivity index (χ2v) is 12.4. The van der Waals surface area contributed by atoms with Crippen LogP contribution < -0.4 is 5.56 Å². The van der Waals surface area contributed by atoms with Crippen molar-refractivity contribution in [2.45, 2.75) is 96.5 Å². The number of fused-ring (bicyclic) bond motifs is 1. The van der Waals surface area contributed by atoms with Crippen molar-refractivity contribution in [3.63, 3.8) is 0 Å². The fraction of sp³-hybridized carbons (Fsp3) is 0.455. The molecule has 0 amide bonds. The Balaban J connectivity index is 0.00000400. The van der Waals surface area contributed by atoms with Gasteiger partial charge in [-0.25, -0.2) is 9.61 Å². The molecule has 6 rings (SSSR count). The molecule has 232 valence electrons. The van der Waals surface area contributed by atoms with Gasteiger partial charge in [-0.1, -0.05) is 61.9 Å². The first-order chi connectivity index (χ1) is 21.2. The van der Waals surface area contributed by atoms with E-state index in [-0.39, 0.29) is 75.2 Å². The zero-order chi connectivity index (χ0) is 30.8. The molecule has 1 atom stereocenters. The van der Waals surface area contributed by atoms with Crippen molar-refractivity contribution in [1.82, 2.24) is 39.8 Å². The van der Waals surface area contributed by atoms with E-state index in [1.165, 1.54) is 0 Å². The maximum absolute atomic E-state index is 14.3. The molecule has 0 bridgehead atoms. The summed E-state index contributed by atoms with van der Waals surface area (Å²) in [7, 11) is 0. The summed E-state index contributed by atoms with van der Waals surface area (Å²) < 4.78 is 9.92. The summed E-state index contributed by atoms with van der Waals surface area (Å²) in [6.07, 6.45) is 6.68. The molecule has 3 aromatic heterocycles. The standard InChI is InChI=1S/C33H40N8O3.K.H/c1-5-8-29-28(19-22-11-13-23(14-12-22)26-9-6-7-10-27(26)30-36-38-39-37-30)31(42)40(32-34-20-35-41(29)32)24-15-17-25(18-16-24)44-21(2)33(3,4)43;;/h6-7,9-14,20-21,24-25,43H,5,8,15-19H2,1-4H3,(H,36,37,38,39);;/t21?,24-,25-;;. The number of aryl methyl sites for hydroxylation is 1. The molecule has 0 radical (unpaired) electrons. The van der Waals surface area contributed by atoms with Gasteiger partial charge in [0.15, 0.2) is 5.82 Å². The number of tetrazole rings is 1. The zero-order valence-electron chi connectivity index (χ0n) is 25.8. The van der Waals surface area contributed by atoms with Crippen LogP contribution >= 0.6 is 0 Å². The van der Waals surface area contributed by atoms with Crippen LogP contribution in [0.5, 0.6) is 0 Å². The van der Waals surface area contributed by atoms with Crippen molar-refractivity contribution < 1.29 is 9.84 Å². The molecule has 1 fully saturated rings. The predicted octanol–water partition coefficient (Wildman–Crippen LogP) is 4.29. The van der Waals surface area contributed by atoms with E-state index >= 15 is 0 Å². The molecule has 2 aromatic carbocycles. The van der Waals surface area contributed by atoms with Crippen LogP contribution in [0, 0.1) is 0 Å². The molecule has 1 unspecified atom stereocenters. The molecule has 45 heavy (non-hydrogen) atoms. The number of hydrogen-bond acceptors (Lipinski definition) is 8. The Kier molecular flexibility index (Phi) is 10.8. The summed E-state index contributed by atoms with van der Waals surface area (Å²) in [5.41, 5.74) is 4.82. The van der Waals surface area contributed by atoms with Crippen LogP contribution in [0.2, 0.25) is 0 Å². The molecule has 0 aliphatic heterocycles. The molecular formula is C33H41KN8O3. The van der Waals surface area contributed by atoms with E-state index in [1.54, 1.807) is 20.2 Å². The van der Waals surface area contributed by atoms with Gasteiger partial charge in [-0.3, -0.25) is 9.36 Å². The Morgan fingerprint density at radius 2 is 1.78 bits per heavy atom. The minimum absolute atomic E-state index is 0. The van der Waals surface area contributed by atoms with Gasteiger partial charge >= 0.3 is 51.4 Å². The van der Waals surface area contributed by atoms with Crippen LogP contribution in [0.3, 0.4) is 0 Å². The summed E-state index contributed by atoms with van der Waals surface area (Å²) in [5.74, 6) is 1.22. The summed E-state index contributed by atoms with van der Waals surface area (Å²) >= 11 is 0. The maximum atomic E-state index is 14.3. The van der Waals surface area contributed by atoms with Gasteiger partial charge in [0.05, 0.1) is 23.5 Å². The summed E-state index contributed by atoms with van der Waals surface area (Å²) in [5, 5.41) is 29.3. The molecule has 1 aliphatic carbocycles. The minimum atomic E-state index is -0.901. The summed E-state index contributed by atoms with van der Waals surface area (Å²) in [6, 6.07) is 16.3. The number of aromatic amines is 1. The molecule has 5 aromatic rings. The summed E-state index contributed by atoms with van der Waals surface area (Å²) in [4.78, 5) is 18.9. The Labute approximate surface area is 305 Å². The second-order valence-electron chi connectivity index (χ2n) is 12.4. The Morgan fingerprint density at radius 3 is 2.42 bits per heavy atom. The van der Waals surface area contributed by atoms with Crippen molar-refractivity contribution in [1.29, 1.82) is 0 Å². The normalized spacial score (nSPS) is 17.7. The van der Waals surface area contributed by atoms with Gasteiger partial charge in [0.2, 0.25) is 5.78 Å². The van der Waals surface area contributed by atoms with Crippen LogP contribution in [0.1, 0.15) is 82.7 Å². The van der Waals surface area contributed by atoms with Crippen molar-refractivity contribution in [2.24, 2.45) is 0 Å². The van der Waals surface area contributed by atoms with Gasteiger partial charge < -0.3 is 9.84 Å². The first-order valence-electron chi connectivity index (χ1n) is 15.5. The van der Waals surface area contributed by atoms with Crippen LogP contribution in [-0.4, -0.2) is 114 Å². The molecule has 11 nitrogen and oxygen atoms in total. The Hall–Kier alpha value is -2.58. The molecule has 2 N–H and O–H groups in total. The third-order valence-electron chi connectivity index (χ3n) is 8.89. The number of aliphatic hydroxyl groups is 1. The number of rotatable bonds is 10. The van der Waals surface area contributed by atoms with Crippen molar-refractivity contribution >= 4 is 57.2 Å². The number of H-pyrrole nitrogens is 1. The molecule has 1 aliphatic rings. The molecule has 12 heteroatoms. The van der Waals surface area contributed by atoms with E-state index in [0.717, 1.165) is 72.0 Å². The first kappa shape index (κ1) is 33.8. The van der Waals surface area contributed by atoms with Crippen molar-refractivity contribution in [3.05, 3.63) is 82.0 Å². The van der Waals surface area contributed by atoms with Gasteiger partial charge in [0.1, 0.15) is 6.33 Å². The average molecular weight is 637 g/mol. The topological polar surface area (TPSA) is 136 Å². The van der Waals surface area contributed by atoms with E-state index in [0.29, 0.717) is 18.0 Å². The quantitative estimate of drug-likeness (QED) is 0.217. The van der Waals surface area contributed by atoms with Crippen molar-refractivity contribution in [3.8, 4) is 22.5 Å². The third kappa shape index (κ3) is 7.22. The van der Waals surface area contributed by atoms with E-state index in [9.17, 15) is 9.90 Å². The van der Waals surface area contributed by atoms with Crippen LogP contribution in [0.15, 0.2) is 59.7 Å². The average Bonchev–Trinajstić information content (AvgIpc) is 3.73. The first-order valence-corrected chi connectivity index (χ1v) is 15.5. The third-order valence-corrected chi connectivity index (χ3v) is 8.89. The number of ether oxygens (including phenoxy) is 1. The monoisotopic (exact) mass is 636 g/mol. The zero-order valence-corrected chi connectivity index (χ0v) is 25.8. The van der Waals surface area contributed by atoms with E-state index in [2.05, 4.69) is 68.0 Å². The molecular weight excluding hydrogens is 596 g/mol. The number of hydrogen-bond donors (Lipinski definition) is 2. The van der Waals surface area contributed by atoms with Crippen molar-refractivity contribution in [2.75, 3.05) is 0 Å². The van der Waals surface area contributed by atoms with Gasteiger partial charge in [0.25, 0.3) is 5.56 Å². The fourth-order valence-corrected chi connectivity index (χ4v) is 6.19.